The summed E-state index contributed by atoms with van der Waals surface area (Å²) in [5.74, 6) is 0.343. The number of carboxylic acids is 1. The Kier molecular flexibility index (Phi) is 10.3. The number of likely N-dealkylation sites (N-methyl/N-ethyl adjacent to an activating group) is 1. The second-order valence-corrected chi connectivity index (χ2v) is 7.18. The summed E-state index contributed by atoms with van der Waals surface area (Å²) in [7, 11) is 3.77. The number of benzene rings is 1. The number of nitrogens with zero attached hydrogens (tertiary/aromatic N) is 1. The number of ether oxygens (including phenoxy) is 2. The summed E-state index contributed by atoms with van der Waals surface area (Å²) in [6.07, 6.45) is 2.71. The monoisotopic (exact) mass is 396 g/mol. The van der Waals surface area contributed by atoms with Gasteiger partial charge in [0.05, 0.1) is 14.2 Å². The van der Waals surface area contributed by atoms with Crippen LogP contribution in [0.5, 0.6) is 11.5 Å². The first-order valence-electron chi connectivity index (χ1n) is 9.49. The molecule has 0 amide bonds. The van der Waals surface area contributed by atoms with Gasteiger partial charge in [0.15, 0.2) is 11.5 Å². The standard InChI is InChI=1S/C19H33BN2O6/c1-22(12-8-15-6-7-16(27-2)17(14-15)28-3)13-10-19(21,18(23)24)9-4-5-11-20(25)26/h6-7,14,25-26H,4-5,8-13,21H2,1-3H3,(H,23,24). The van der Waals surface area contributed by atoms with Gasteiger partial charge in [0, 0.05) is 13.1 Å². The van der Waals surface area contributed by atoms with Crippen LogP contribution in [0, 0.1) is 0 Å². The van der Waals surface area contributed by atoms with Crippen molar-refractivity contribution in [3.63, 3.8) is 0 Å². The van der Waals surface area contributed by atoms with Gasteiger partial charge in [-0.05, 0) is 50.3 Å². The number of nitrogens with two attached hydrogens (primary N) is 1. The lowest BCUT2D eigenvalue weighted by Gasteiger charge is -2.27. The van der Waals surface area contributed by atoms with E-state index in [1.54, 1.807) is 14.2 Å². The van der Waals surface area contributed by atoms with Gasteiger partial charge in [0.2, 0.25) is 0 Å². The van der Waals surface area contributed by atoms with E-state index in [4.69, 9.17) is 25.3 Å². The third-order valence-electron chi connectivity index (χ3n) is 4.93. The summed E-state index contributed by atoms with van der Waals surface area (Å²) in [5.41, 5.74) is 5.90. The van der Waals surface area contributed by atoms with Crippen molar-refractivity contribution in [2.45, 2.75) is 44.0 Å². The zero-order valence-electron chi connectivity index (χ0n) is 17.1. The van der Waals surface area contributed by atoms with Crippen molar-refractivity contribution < 1.29 is 29.4 Å². The van der Waals surface area contributed by atoms with Crippen molar-refractivity contribution in [1.82, 2.24) is 4.90 Å². The molecule has 9 heteroatoms. The molecule has 28 heavy (non-hydrogen) atoms. The Labute approximate surface area is 167 Å². The average molecular weight is 396 g/mol. The SMILES string of the molecule is COc1ccc(CCN(C)CCC(N)(CCCCB(O)O)C(=O)O)cc1OC. The fourth-order valence-electron chi connectivity index (χ4n) is 2.96. The van der Waals surface area contributed by atoms with Crippen LogP contribution < -0.4 is 15.2 Å². The Morgan fingerprint density at radius 3 is 2.39 bits per heavy atom. The molecule has 158 valence electrons. The molecule has 0 heterocycles. The molecule has 0 aliphatic heterocycles. The predicted molar refractivity (Wildman–Crippen MR) is 109 cm³/mol. The maximum absolute atomic E-state index is 11.6. The molecule has 8 nitrogen and oxygen atoms in total. The lowest BCUT2D eigenvalue weighted by molar-refractivity contribution is -0.144. The maximum atomic E-state index is 11.6. The van der Waals surface area contributed by atoms with Gasteiger partial charge < -0.3 is 35.3 Å². The van der Waals surface area contributed by atoms with Crippen LogP contribution in [-0.4, -0.2) is 73.0 Å². The minimum absolute atomic E-state index is 0.223. The summed E-state index contributed by atoms with van der Waals surface area (Å²) in [5, 5.41) is 27.2. The summed E-state index contributed by atoms with van der Waals surface area (Å²) < 4.78 is 10.5. The van der Waals surface area contributed by atoms with Crippen molar-refractivity contribution in [1.29, 1.82) is 0 Å². The Hall–Kier alpha value is -1.81. The molecule has 0 aliphatic carbocycles. The van der Waals surface area contributed by atoms with Crippen LogP contribution in [0.25, 0.3) is 0 Å². The first-order valence-corrected chi connectivity index (χ1v) is 9.49. The van der Waals surface area contributed by atoms with E-state index in [1.807, 2.05) is 25.2 Å². The number of unbranched alkanes of at least 4 members (excludes halogenated alkanes) is 1. The van der Waals surface area contributed by atoms with Gasteiger partial charge in [0.1, 0.15) is 5.54 Å². The molecule has 1 atom stereocenters. The number of hydrogen-bond acceptors (Lipinski definition) is 7. The van der Waals surface area contributed by atoms with E-state index in [0.717, 1.165) is 18.5 Å². The molecule has 0 aromatic heterocycles. The highest BCUT2D eigenvalue weighted by Gasteiger charge is 2.33. The summed E-state index contributed by atoms with van der Waals surface area (Å²) in [6, 6.07) is 5.79. The molecule has 0 radical (unpaired) electrons. The van der Waals surface area contributed by atoms with Gasteiger partial charge >= 0.3 is 13.1 Å². The third kappa shape index (κ3) is 8.06. The van der Waals surface area contributed by atoms with Gasteiger partial charge in [-0.3, -0.25) is 4.79 Å². The molecule has 1 rings (SSSR count). The van der Waals surface area contributed by atoms with Crippen LogP contribution in [0.15, 0.2) is 18.2 Å². The highest BCUT2D eigenvalue weighted by molar-refractivity contribution is 6.40. The molecule has 5 N–H and O–H groups in total. The first kappa shape index (κ1) is 24.2. The Morgan fingerprint density at radius 2 is 1.82 bits per heavy atom. The highest BCUT2D eigenvalue weighted by Crippen LogP contribution is 2.27. The highest BCUT2D eigenvalue weighted by atomic mass is 16.5. The smallest absolute Gasteiger partial charge is 0.451 e. The fourth-order valence-corrected chi connectivity index (χ4v) is 2.96. The Bertz CT molecular complexity index is 616. The van der Waals surface area contributed by atoms with Gasteiger partial charge in [-0.2, -0.15) is 0 Å². The van der Waals surface area contributed by atoms with Crippen molar-refractivity contribution in [2.24, 2.45) is 5.73 Å². The van der Waals surface area contributed by atoms with Gasteiger partial charge in [0.25, 0.3) is 0 Å². The molecule has 1 aromatic carbocycles. The van der Waals surface area contributed by atoms with Gasteiger partial charge in [-0.1, -0.05) is 18.9 Å². The van der Waals surface area contributed by atoms with E-state index in [1.165, 1.54) is 0 Å². The normalized spacial score (nSPS) is 13.2. The van der Waals surface area contributed by atoms with Crippen LogP contribution in [-0.2, 0) is 11.2 Å². The zero-order chi connectivity index (χ0) is 21.2. The molecular formula is C19H33BN2O6. The van der Waals surface area contributed by atoms with Gasteiger partial charge in [-0.15, -0.1) is 0 Å². The van der Waals surface area contributed by atoms with Crippen LogP contribution in [0.4, 0.5) is 0 Å². The largest absolute Gasteiger partial charge is 0.493 e. The van der Waals surface area contributed by atoms with E-state index in [0.29, 0.717) is 43.7 Å². The third-order valence-corrected chi connectivity index (χ3v) is 4.93. The van der Waals surface area contributed by atoms with Crippen LogP contribution in [0.2, 0.25) is 6.32 Å². The number of hydrogen-bond donors (Lipinski definition) is 4. The number of methoxy groups -OCH3 is 2. The lowest BCUT2D eigenvalue weighted by atomic mass is 9.81. The Balaban J connectivity index is 2.50. The van der Waals surface area contributed by atoms with Crippen LogP contribution in [0.3, 0.4) is 0 Å². The van der Waals surface area contributed by atoms with Gasteiger partial charge in [-0.25, -0.2) is 0 Å². The summed E-state index contributed by atoms with van der Waals surface area (Å²) >= 11 is 0. The molecular weight excluding hydrogens is 363 g/mol. The quantitative estimate of drug-likeness (QED) is 0.271. The molecule has 0 saturated heterocycles. The van der Waals surface area contributed by atoms with E-state index >= 15 is 0 Å². The number of rotatable bonds is 14. The molecule has 1 unspecified atom stereocenters. The minimum Gasteiger partial charge on any atom is -0.493 e. The molecule has 0 fully saturated rings. The predicted octanol–water partition coefficient (Wildman–Crippen LogP) is 0.993. The number of carboxylic acid groups (broad SMARTS) is 1. The van der Waals surface area contributed by atoms with E-state index < -0.39 is 18.6 Å². The average Bonchev–Trinajstić information content (AvgIpc) is 2.67. The molecule has 0 saturated carbocycles. The first-order chi connectivity index (χ1) is 13.2. The van der Waals surface area contributed by atoms with Crippen molar-refractivity contribution in [3.05, 3.63) is 23.8 Å². The van der Waals surface area contributed by atoms with Crippen molar-refractivity contribution >= 4 is 13.1 Å². The summed E-state index contributed by atoms with van der Waals surface area (Å²) in [4.78, 5) is 13.7. The lowest BCUT2D eigenvalue weighted by Crippen LogP contribution is -2.50. The maximum Gasteiger partial charge on any atom is 0.451 e. The van der Waals surface area contributed by atoms with Crippen LogP contribution >= 0.6 is 0 Å². The van der Waals surface area contributed by atoms with Crippen molar-refractivity contribution in [3.8, 4) is 11.5 Å². The van der Waals surface area contributed by atoms with E-state index in [9.17, 15) is 9.90 Å². The number of aliphatic carboxylic acids is 1. The van der Waals surface area contributed by atoms with E-state index in [2.05, 4.69) is 4.90 Å². The molecule has 0 aliphatic rings. The topological polar surface area (TPSA) is 125 Å². The molecule has 0 spiro atoms. The zero-order valence-corrected chi connectivity index (χ0v) is 17.1. The van der Waals surface area contributed by atoms with E-state index in [-0.39, 0.29) is 6.32 Å². The molecule has 0 bridgehead atoms. The second kappa shape index (κ2) is 11.9. The minimum atomic E-state index is -1.36. The van der Waals surface area contributed by atoms with Crippen molar-refractivity contribution in [2.75, 3.05) is 34.4 Å². The fraction of sp³-hybridized carbons (Fsp3) is 0.632. The summed E-state index contributed by atoms with van der Waals surface area (Å²) in [6.45, 7) is 1.31. The number of carbonyl (C=O) groups is 1. The Morgan fingerprint density at radius 1 is 1.14 bits per heavy atom. The molecule has 1 aromatic rings. The van der Waals surface area contributed by atoms with Crippen LogP contribution in [0.1, 0.15) is 31.2 Å². The second-order valence-electron chi connectivity index (χ2n) is 7.18.